The summed E-state index contributed by atoms with van der Waals surface area (Å²) in [5.41, 5.74) is 3.71. The fraction of sp³-hybridized carbons (Fsp3) is 0.316. The van der Waals surface area contributed by atoms with Gasteiger partial charge < -0.3 is 10.0 Å². The number of rotatable bonds is 5. The van der Waals surface area contributed by atoms with Crippen LogP contribution in [0.2, 0.25) is 0 Å². The van der Waals surface area contributed by atoms with Crippen molar-refractivity contribution in [1.82, 2.24) is 19.7 Å². The Labute approximate surface area is 146 Å². The maximum absolute atomic E-state index is 13.1. The van der Waals surface area contributed by atoms with Crippen LogP contribution in [0.4, 0.5) is 0 Å². The third kappa shape index (κ3) is 3.13. The number of hydrogen-bond acceptors (Lipinski definition) is 4. The molecule has 0 bridgehead atoms. The van der Waals surface area contributed by atoms with E-state index in [0.717, 1.165) is 22.3 Å². The van der Waals surface area contributed by atoms with E-state index in [-0.39, 0.29) is 12.5 Å². The van der Waals surface area contributed by atoms with Crippen LogP contribution < -0.4 is 0 Å². The number of aromatic nitrogens is 3. The third-order valence-electron chi connectivity index (χ3n) is 4.31. The molecular formula is C19H22N4O2. The molecule has 0 saturated carbocycles. The maximum Gasteiger partial charge on any atom is 0.254 e. The molecule has 0 spiro atoms. The first-order valence-electron chi connectivity index (χ1n) is 8.36. The molecule has 6 nitrogen and oxygen atoms in total. The lowest BCUT2D eigenvalue weighted by Crippen LogP contribution is -2.33. The number of carbonyl (C=O) groups excluding carboxylic acids is 1. The second-order valence-corrected chi connectivity index (χ2v) is 5.94. The minimum absolute atomic E-state index is 0.0641. The fourth-order valence-electron chi connectivity index (χ4n) is 3.06. The number of aliphatic hydroxyl groups excluding tert-OH is 1. The highest BCUT2D eigenvalue weighted by molar-refractivity contribution is 6.07. The molecule has 1 aromatic carbocycles. The highest BCUT2D eigenvalue weighted by Crippen LogP contribution is 2.27. The molecule has 6 heteroatoms. The Kier molecular flexibility index (Phi) is 4.81. The number of carbonyl (C=O) groups is 1. The Morgan fingerprint density at radius 2 is 2.00 bits per heavy atom. The Hall–Kier alpha value is -2.73. The van der Waals surface area contributed by atoms with Gasteiger partial charge in [-0.2, -0.15) is 5.10 Å². The van der Waals surface area contributed by atoms with Crippen LogP contribution in [0.1, 0.15) is 23.0 Å². The zero-order valence-corrected chi connectivity index (χ0v) is 14.7. The second-order valence-electron chi connectivity index (χ2n) is 5.94. The number of hydrogen-bond donors (Lipinski definition) is 1. The van der Waals surface area contributed by atoms with Crippen molar-refractivity contribution < 1.29 is 9.90 Å². The molecule has 25 heavy (non-hydrogen) atoms. The standard InChI is InChI=1S/C19H22N4O2/c1-4-23(10-11-24)19(25)15-12-16(14-8-6-5-7-9-14)20-18-17(15)13(2)21-22(18)3/h5-9,12,24H,4,10-11H2,1-3H3. The predicted octanol–water partition coefficient (Wildman–Crippen LogP) is 2.40. The summed E-state index contributed by atoms with van der Waals surface area (Å²) in [6.07, 6.45) is 0. The van der Waals surface area contributed by atoms with Gasteiger partial charge in [0.2, 0.25) is 0 Å². The number of pyridine rings is 1. The van der Waals surface area contributed by atoms with E-state index in [9.17, 15) is 9.90 Å². The molecule has 1 amide bonds. The van der Waals surface area contributed by atoms with Crippen molar-refractivity contribution >= 4 is 16.9 Å². The highest BCUT2D eigenvalue weighted by Gasteiger charge is 2.22. The molecule has 3 aromatic rings. The van der Waals surface area contributed by atoms with E-state index in [1.807, 2.05) is 57.3 Å². The van der Waals surface area contributed by atoms with Gasteiger partial charge in [0, 0.05) is 25.7 Å². The molecule has 130 valence electrons. The smallest absolute Gasteiger partial charge is 0.254 e. The summed E-state index contributed by atoms with van der Waals surface area (Å²) < 4.78 is 1.70. The fourth-order valence-corrected chi connectivity index (χ4v) is 3.06. The topological polar surface area (TPSA) is 71.2 Å². The number of nitrogens with zero attached hydrogens (tertiary/aromatic N) is 4. The molecule has 0 aliphatic rings. The van der Waals surface area contributed by atoms with Crippen LogP contribution in [0.25, 0.3) is 22.3 Å². The third-order valence-corrected chi connectivity index (χ3v) is 4.31. The normalized spacial score (nSPS) is 11.0. The first-order valence-corrected chi connectivity index (χ1v) is 8.36. The summed E-state index contributed by atoms with van der Waals surface area (Å²) in [7, 11) is 1.83. The molecule has 2 aromatic heterocycles. The van der Waals surface area contributed by atoms with E-state index < -0.39 is 0 Å². The Morgan fingerprint density at radius 3 is 2.64 bits per heavy atom. The zero-order chi connectivity index (χ0) is 18.0. The lowest BCUT2D eigenvalue weighted by molar-refractivity contribution is 0.0734. The number of benzene rings is 1. The van der Waals surface area contributed by atoms with E-state index in [1.54, 1.807) is 9.58 Å². The second kappa shape index (κ2) is 7.03. The summed E-state index contributed by atoms with van der Waals surface area (Å²) in [6.45, 7) is 4.55. The summed E-state index contributed by atoms with van der Waals surface area (Å²) >= 11 is 0. The van der Waals surface area contributed by atoms with Crippen molar-refractivity contribution in [2.45, 2.75) is 13.8 Å². The van der Waals surface area contributed by atoms with Crippen LogP contribution >= 0.6 is 0 Å². The monoisotopic (exact) mass is 338 g/mol. The first-order chi connectivity index (χ1) is 12.1. The van der Waals surface area contributed by atoms with Gasteiger partial charge in [-0.1, -0.05) is 30.3 Å². The SMILES string of the molecule is CCN(CCO)C(=O)c1cc(-c2ccccc2)nc2c1c(C)nn2C. The number of likely N-dealkylation sites (N-methyl/N-ethyl adjacent to an activating group) is 1. The lowest BCUT2D eigenvalue weighted by Gasteiger charge is -2.20. The average molecular weight is 338 g/mol. The van der Waals surface area contributed by atoms with Gasteiger partial charge >= 0.3 is 0 Å². The van der Waals surface area contributed by atoms with Crippen molar-refractivity contribution in [1.29, 1.82) is 0 Å². The number of aliphatic hydroxyl groups is 1. The molecular weight excluding hydrogens is 316 g/mol. The summed E-state index contributed by atoms with van der Waals surface area (Å²) in [6, 6.07) is 11.6. The van der Waals surface area contributed by atoms with Gasteiger partial charge in [-0.05, 0) is 19.9 Å². The van der Waals surface area contributed by atoms with Crippen molar-refractivity contribution in [3.05, 3.63) is 47.7 Å². The van der Waals surface area contributed by atoms with Crippen molar-refractivity contribution in [3.63, 3.8) is 0 Å². The number of fused-ring (bicyclic) bond motifs is 1. The number of aryl methyl sites for hydroxylation is 2. The first kappa shape index (κ1) is 17.1. The Morgan fingerprint density at radius 1 is 1.28 bits per heavy atom. The van der Waals surface area contributed by atoms with Crippen LogP contribution in [0.3, 0.4) is 0 Å². The molecule has 0 atom stereocenters. The molecule has 0 fully saturated rings. The Balaban J connectivity index is 2.23. The predicted molar refractivity (Wildman–Crippen MR) is 97.3 cm³/mol. The highest BCUT2D eigenvalue weighted by atomic mass is 16.3. The van der Waals surface area contributed by atoms with Crippen LogP contribution in [0.5, 0.6) is 0 Å². The van der Waals surface area contributed by atoms with E-state index in [2.05, 4.69) is 5.10 Å². The van der Waals surface area contributed by atoms with Crippen LogP contribution in [0, 0.1) is 6.92 Å². The van der Waals surface area contributed by atoms with Gasteiger partial charge in [-0.15, -0.1) is 0 Å². The van der Waals surface area contributed by atoms with Gasteiger partial charge in [0.15, 0.2) is 5.65 Å². The minimum Gasteiger partial charge on any atom is -0.395 e. The van der Waals surface area contributed by atoms with Crippen LogP contribution in [-0.4, -0.2) is 50.4 Å². The summed E-state index contributed by atoms with van der Waals surface area (Å²) in [4.78, 5) is 19.4. The van der Waals surface area contributed by atoms with E-state index in [4.69, 9.17) is 4.98 Å². The van der Waals surface area contributed by atoms with Gasteiger partial charge in [0.1, 0.15) is 0 Å². The average Bonchev–Trinajstić information content (AvgIpc) is 2.93. The molecule has 0 saturated heterocycles. The van der Waals surface area contributed by atoms with Gasteiger partial charge in [-0.3, -0.25) is 9.48 Å². The van der Waals surface area contributed by atoms with E-state index >= 15 is 0 Å². The Bertz CT molecular complexity index is 903. The maximum atomic E-state index is 13.1. The van der Waals surface area contributed by atoms with Crippen LogP contribution in [0.15, 0.2) is 36.4 Å². The van der Waals surface area contributed by atoms with Gasteiger partial charge in [-0.25, -0.2) is 4.98 Å². The van der Waals surface area contributed by atoms with E-state index in [0.29, 0.717) is 24.3 Å². The quantitative estimate of drug-likeness (QED) is 0.775. The molecule has 0 aliphatic carbocycles. The van der Waals surface area contributed by atoms with Crippen LogP contribution in [-0.2, 0) is 7.05 Å². The zero-order valence-electron chi connectivity index (χ0n) is 14.7. The van der Waals surface area contributed by atoms with Crippen molar-refractivity contribution in [3.8, 4) is 11.3 Å². The number of amides is 1. The molecule has 0 radical (unpaired) electrons. The van der Waals surface area contributed by atoms with Gasteiger partial charge in [0.25, 0.3) is 5.91 Å². The van der Waals surface area contributed by atoms with E-state index in [1.165, 1.54) is 0 Å². The largest absolute Gasteiger partial charge is 0.395 e. The van der Waals surface area contributed by atoms with Crippen molar-refractivity contribution in [2.24, 2.45) is 7.05 Å². The minimum atomic E-state index is -0.114. The molecule has 0 aliphatic heterocycles. The lowest BCUT2D eigenvalue weighted by atomic mass is 10.0. The van der Waals surface area contributed by atoms with Gasteiger partial charge in [0.05, 0.1) is 28.9 Å². The molecule has 0 unspecified atom stereocenters. The molecule has 2 heterocycles. The summed E-state index contributed by atoms with van der Waals surface area (Å²) in [5, 5.41) is 14.4. The van der Waals surface area contributed by atoms with Crippen molar-refractivity contribution in [2.75, 3.05) is 19.7 Å². The molecule has 3 rings (SSSR count). The molecule has 1 N–H and O–H groups in total. The summed E-state index contributed by atoms with van der Waals surface area (Å²) in [5.74, 6) is -0.114.